The van der Waals surface area contributed by atoms with E-state index in [0.717, 1.165) is 6.42 Å². The van der Waals surface area contributed by atoms with Crippen molar-refractivity contribution in [1.29, 1.82) is 0 Å². The van der Waals surface area contributed by atoms with Gasteiger partial charge in [-0.15, -0.1) is 0 Å². The Morgan fingerprint density at radius 3 is 2.38 bits per heavy atom. The second kappa shape index (κ2) is 6.48. The fourth-order valence-corrected chi connectivity index (χ4v) is 1.02. The Balaban J connectivity index is 3.95. The minimum atomic E-state index is -0.867. The summed E-state index contributed by atoms with van der Waals surface area (Å²) in [4.78, 5) is 22.0. The highest BCUT2D eigenvalue weighted by atomic mass is 16.4. The number of carboxylic acid groups (broad SMARTS) is 1. The van der Waals surface area contributed by atoms with Crippen LogP contribution in [0, 0.1) is 0 Å². The number of carbonyl (C=O) groups is 2. The molecule has 16 heavy (non-hydrogen) atoms. The molecular weight excluding hydrogens is 208 g/mol. The Morgan fingerprint density at radius 1 is 1.38 bits per heavy atom. The number of hydrogen-bond donors (Lipinski definition) is 3. The Hall–Kier alpha value is -1.10. The molecule has 1 atom stereocenters. The van der Waals surface area contributed by atoms with Gasteiger partial charge in [0, 0.05) is 12.1 Å². The van der Waals surface area contributed by atoms with Gasteiger partial charge in [0.25, 0.3) is 0 Å². The van der Waals surface area contributed by atoms with Crippen LogP contribution in [0.3, 0.4) is 0 Å². The van der Waals surface area contributed by atoms with Crippen molar-refractivity contribution >= 4 is 11.9 Å². The van der Waals surface area contributed by atoms with Crippen LogP contribution in [0.1, 0.15) is 40.5 Å². The summed E-state index contributed by atoms with van der Waals surface area (Å²) < 4.78 is 0. The summed E-state index contributed by atoms with van der Waals surface area (Å²) in [7, 11) is 0. The van der Waals surface area contributed by atoms with E-state index in [1.165, 1.54) is 0 Å². The molecular formula is C11H22N2O3. The van der Waals surface area contributed by atoms with Crippen LogP contribution in [0.2, 0.25) is 0 Å². The van der Waals surface area contributed by atoms with E-state index in [2.05, 4.69) is 10.6 Å². The highest BCUT2D eigenvalue weighted by molar-refractivity contribution is 5.82. The molecule has 0 saturated carbocycles. The topological polar surface area (TPSA) is 78.4 Å². The van der Waals surface area contributed by atoms with Crippen LogP contribution in [-0.2, 0) is 9.59 Å². The third kappa shape index (κ3) is 6.40. The first kappa shape index (κ1) is 14.9. The van der Waals surface area contributed by atoms with Crippen LogP contribution in [-0.4, -0.2) is 35.1 Å². The molecule has 0 aromatic heterocycles. The number of carbonyl (C=O) groups excluding carboxylic acids is 1. The second-order valence-corrected chi connectivity index (χ2v) is 4.55. The lowest BCUT2D eigenvalue weighted by Gasteiger charge is -2.26. The minimum absolute atomic E-state index is 0.0226. The van der Waals surface area contributed by atoms with Gasteiger partial charge in [-0.25, -0.2) is 0 Å². The normalized spacial score (nSPS) is 13.2. The summed E-state index contributed by atoms with van der Waals surface area (Å²) in [5.41, 5.74) is -0.222. The van der Waals surface area contributed by atoms with Gasteiger partial charge >= 0.3 is 5.97 Å². The largest absolute Gasteiger partial charge is 0.481 e. The lowest BCUT2D eigenvalue weighted by molar-refractivity contribution is -0.137. The van der Waals surface area contributed by atoms with Crippen molar-refractivity contribution in [2.24, 2.45) is 0 Å². The van der Waals surface area contributed by atoms with E-state index in [9.17, 15) is 9.59 Å². The number of amides is 1. The molecule has 94 valence electrons. The van der Waals surface area contributed by atoms with Gasteiger partial charge in [0.2, 0.25) is 5.91 Å². The first-order valence-corrected chi connectivity index (χ1v) is 5.55. The average Bonchev–Trinajstić information content (AvgIpc) is 2.16. The molecule has 5 nitrogen and oxygen atoms in total. The standard InChI is InChI=1S/C11H22N2O3/c1-5-11(3,4)13-10(16)8(2)12-7-6-9(14)15/h8,12H,5-7H2,1-4H3,(H,13,16)(H,14,15). The predicted molar refractivity (Wildman–Crippen MR) is 62.2 cm³/mol. The molecule has 1 unspecified atom stereocenters. The SMILES string of the molecule is CCC(C)(C)NC(=O)C(C)NCCC(=O)O. The Morgan fingerprint density at radius 2 is 1.94 bits per heavy atom. The molecule has 0 bridgehead atoms. The van der Waals surface area contributed by atoms with E-state index in [1.807, 2.05) is 20.8 Å². The molecule has 0 aliphatic rings. The highest BCUT2D eigenvalue weighted by Gasteiger charge is 2.21. The van der Waals surface area contributed by atoms with Gasteiger partial charge in [-0.3, -0.25) is 9.59 Å². The molecule has 3 N–H and O–H groups in total. The van der Waals surface area contributed by atoms with Gasteiger partial charge in [0.05, 0.1) is 12.5 Å². The van der Waals surface area contributed by atoms with Crippen LogP contribution in [0.5, 0.6) is 0 Å². The maximum Gasteiger partial charge on any atom is 0.304 e. The van der Waals surface area contributed by atoms with E-state index >= 15 is 0 Å². The van der Waals surface area contributed by atoms with Crippen LogP contribution in [0.25, 0.3) is 0 Å². The highest BCUT2D eigenvalue weighted by Crippen LogP contribution is 2.06. The van der Waals surface area contributed by atoms with Crippen LogP contribution >= 0.6 is 0 Å². The summed E-state index contributed by atoms with van der Waals surface area (Å²) in [5.74, 6) is -0.966. The number of hydrogen-bond acceptors (Lipinski definition) is 3. The second-order valence-electron chi connectivity index (χ2n) is 4.55. The quantitative estimate of drug-likeness (QED) is 0.603. The van der Waals surface area contributed by atoms with E-state index in [-0.39, 0.29) is 23.9 Å². The molecule has 0 radical (unpaired) electrons. The minimum Gasteiger partial charge on any atom is -0.481 e. The summed E-state index contributed by atoms with van der Waals surface area (Å²) in [6.45, 7) is 7.94. The van der Waals surface area contributed by atoms with Gasteiger partial charge in [0.1, 0.15) is 0 Å². The van der Waals surface area contributed by atoms with Gasteiger partial charge < -0.3 is 15.7 Å². The summed E-state index contributed by atoms with van der Waals surface area (Å²) >= 11 is 0. The predicted octanol–water partition coefficient (Wildman–Crippen LogP) is 0.744. The molecule has 0 spiro atoms. The van der Waals surface area contributed by atoms with Crippen molar-refractivity contribution in [2.75, 3.05) is 6.54 Å². The fourth-order valence-electron chi connectivity index (χ4n) is 1.02. The van der Waals surface area contributed by atoms with Gasteiger partial charge in [-0.05, 0) is 27.2 Å². The maximum absolute atomic E-state index is 11.7. The number of nitrogens with one attached hydrogen (secondary N) is 2. The molecule has 1 amide bonds. The number of aliphatic carboxylic acids is 1. The van der Waals surface area contributed by atoms with Crippen molar-refractivity contribution in [1.82, 2.24) is 10.6 Å². The van der Waals surface area contributed by atoms with E-state index in [1.54, 1.807) is 6.92 Å². The third-order valence-electron chi connectivity index (χ3n) is 2.53. The van der Waals surface area contributed by atoms with Crippen molar-refractivity contribution in [3.63, 3.8) is 0 Å². The van der Waals surface area contributed by atoms with Gasteiger partial charge in [-0.2, -0.15) is 0 Å². The Bertz CT molecular complexity index is 252. The average molecular weight is 230 g/mol. The first-order chi connectivity index (χ1) is 7.28. The molecule has 5 heteroatoms. The molecule has 0 rings (SSSR count). The number of rotatable bonds is 7. The van der Waals surface area contributed by atoms with Crippen molar-refractivity contribution in [3.05, 3.63) is 0 Å². The Labute approximate surface area is 96.6 Å². The molecule has 0 saturated heterocycles. The maximum atomic E-state index is 11.7. The monoisotopic (exact) mass is 230 g/mol. The summed E-state index contributed by atoms with van der Waals surface area (Å²) in [5, 5.41) is 14.2. The molecule has 0 aliphatic heterocycles. The molecule has 0 heterocycles. The van der Waals surface area contributed by atoms with Crippen molar-refractivity contribution in [3.8, 4) is 0 Å². The zero-order valence-electron chi connectivity index (χ0n) is 10.5. The lowest BCUT2D eigenvalue weighted by Crippen LogP contribution is -2.50. The lowest BCUT2D eigenvalue weighted by atomic mass is 10.0. The molecule has 0 aliphatic carbocycles. The zero-order valence-corrected chi connectivity index (χ0v) is 10.5. The van der Waals surface area contributed by atoms with Crippen LogP contribution in [0.4, 0.5) is 0 Å². The number of carboxylic acids is 1. The van der Waals surface area contributed by atoms with Gasteiger partial charge in [-0.1, -0.05) is 6.92 Å². The van der Waals surface area contributed by atoms with Crippen LogP contribution < -0.4 is 10.6 Å². The van der Waals surface area contributed by atoms with E-state index < -0.39 is 5.97 Å². The fraction of sp³-hybridized carbons (Fsp3) is 0.818. The zero-order chi connectivity index (χ0) is 12.8. The summed E-state index contributed by atoms with van der Waals surface area (Å²) in [6.07, 6.45) is 0.870. The Kier molecular flexibility index (Phi) is 6.03. The van der Waals surface area contributed by atoms with Gasteiger partial charge in [0.15, 0.2) is 0 Å². The van der Waals surface area contributed by atoms with E-state index in [4.69, 9.17) is 5.11 Å². The van der Waals surface area contributed by atoms with E-state index in [0.29, 0.717) is 6.54 Å². The molecule has 0 aromatic rings. The van der Waals surface area contributed by atoms with Crippen molar-refractivity contribution < 1.29 is 14.7 Å². The third-order valence-corrected chi connectivity index (χ3v) is 2.53. The van der Waals surface area contributed by atoms with Crippen molar-refractivity contribution in [2.45, 2.75) is 52.1 Å². The first-order valence-electron chi connectivity index (χ1n) is 5.55. The molecule has 0 aromatic carbocycles. The molecule has 0 fully saturated rings. The smallest absolute Gasteiger partial charge is 0.304 e. The summed E-state index contributed by atoms with van der Waals surface area (Å²) in [6, 6.07) is -0.370. The van der Waals surface area contributed by atoms with Crippen LogP contribution in [0.15, 0.2) is 0 Å².